The zero-order valence-electron chi connectivity index (χ0n) is 16.9. The molecule has 2 heterocycles. The number of carbonyl (C=O) groups excluding carboxylic acids is 1. The lowest BCUT2D eigenvalue weighted by Crippen LogP contribution is -2.76. The van der Waals surface area contributed by atoms with Gasteiger partial charge in [0.15, 0.2) is 23.4 Å². The van der Waals surface area contributed by atoms with Gasteiger partial charge >= 0.3 is 0 Å². The monoisotopic (exact) mass is 395 g/mol. The van der Waals surface area contributed by atoms with E-state index in [0.29, 0.717) is 18.8 Å². The second kappa shape index (κ2) is 5.55. The summed E-state index contributed by atoms with van der Waals surface area (Å²) in [6, 6.07) is 4.31. The number of aliphatic hydroxyl groups is 1. The Morgan fingerprint density at radius 2 is 2.00 bits per heavy atom. The van der Waals surface area contributed by atoms with Gasteiger partial charge in [-0.15, -0.1) is 0 Å². The fourth-order valence-corrected chi connectivity index (χ4v) is 6.86. The molecule has 6 aliphatic rings. The molecule has 0 amide bonds. The molecular weight excluding hydrogens is 366 g/mol. The maximum Gasteiger partial charge on any atom is 0.174 e. The summed E-state index contributed by atoms with van der Waals surface area (Å²) in [4.78, 5) is 15.6. The van der Waals surface area contributed by atoms with Gasteiger partial charge in [-0.2, -0.15) is 0 Å². The van der Waals surface area contributed by atoms with Crippen LogP contribution in [0.15, 0.2) is 12.1 Å². The fourth-order valence-electron chi connectivity index (χ4n) is 6.86. The van der Waals surface area contributed by atoms with E-state index in [2.05, 4.69) is 11.0 Å². The Morgan fingerprint density at radius 3 is 2.79 bits per heavy atom. The van der Waals surface area contributed by atoms with Crippen LogP contribution in [0.1, 0.15) is 56.1 Å². The molecule has 4 fully saturated rings. The highest BCUT2D eigenvalue weighted by molar-refractivity contribution is 5.90. The predicted molar refractivity (Wildman–Crippen MR) is 106 cm³/mol. The van der Waals surface area contributed by atoms with Crippen molar-refractivity contribution in [3.05, 3.63) is 23.3 Å². The second-order valence-corrected chi connectivity index (χ2v) is 10.4. The van der Waals surface area contributed by atoms with E-state index in [1.807, 2.05) is 6.07 Å². The highest BCUT2D eigenvalue weighted by atomic mass is 16.5. The van der Waals surface area contributed by atoms with Crippen molar-refractivity contribution < 1.29 is 19.4 Å². The average Bonchev–Trinajstić information content (AvgIpc) is 3.63. The van der Waals surface area contributed by atoms with Crippen LogP contribution < -0.4 is 9.47 Å². The van der Waals surface area contributed by atoms with Crippen LogP contribution in [0.4, 0.5) is 0 Å². The summed E-state index contributed by atoms with van der Waals surface area (Å²) in [6.45, 7) is 2.76. The Morgan fingerprint density at radius 1 is 1.17 bits per heavy atom. The minimum Gasteiger partial charge on any atom is -0.489 e. The number of benzene rings is 1. The highest BCUT2D eigenvalue weighted by Gasteiger charge is 2.73. The largest absolute Gasteiger partial charge is 0.489 e. The fraction of sp³-hybridized carbons (Fsp3) is 0.708. The number of nitrogens with zero attached hydrogens (tertiary/aromatic N) is 1. The molecule has 1 aromatic rings. The number of ether oxygens (including phenoxy) is 2. The topological polar surface area (TPSA) is 59.0 Å². The average molecular weight is 395 g/mol. The Balaban J connectivity index is 1.37. The number of rotatable bonds is 5. The molecule has 5 nitrogen and oxygen atoms in total. The molecule has 154 valence electrons. The van der Waals surface area contributed by atoms with Crippen molar-refractivity contribution in [1.29, 1.82) is 0 Å². The van der Waals surface area contributed by atoms with Crippen LogP contribution >= 0.6 is 0 Å². The molecule has 1 saturated heterocycles. The number of Topliss-reactive ketones (excluding diaryl/α,β-unsaturated/α-hetero) is 1. The minimum absolute atomic E-state index is 0.0905. The van der Waals surface area contributed by atoms with E-state index in [4.69, 9.17) is 9.47 Å². The molecule has 29 heavy (non-hydrogen) atoms. The van der Waals surface area contributed by atoms with Gasteiger partial charge in [-0.3, -0.25) is 9.69 Å². The molecule has 0 unspecified atom stereocenters. The highest BCUT2D eigenvalue weighted by Crippen LogP contribution is 2.65. The number of carbonyl (C=O) groups is 1. The third-order valence-corrected chi connectivity index (χ3v) is 8.71. The van der Waals surface area contributed by atoms with Crippen LogP contribution in [0.5, 0.6) is 11.5 Å². The summed E-state index contributed by atoms with van der Waals surface area (Å²) in [5, 5.41) is 12.2. The van der Waals surface area contributed by atoms with E-state index < -0.39 is 17.1 Å². The van der Waals surface area contributed by atoms with Crippen molar-refractivity contribution in [2.45, 2.75) is 74.5 Å². The summed E-state index contributed by atoms with van der Waals surface area (Å²) in [7, 11) is 0. The van der Waals surface area contributed by atoms with Gasteiger partial charge < -0.3 is 14.6 Å². The molecular formula is C24H29NO4. The van der Waals surface area contributed by atoms with E-state index in [1.165, 1.54) is 31.2 Å². The molecule has 2 aliphatic heterocycles. The summed E-state index contributed by atoms with van der Waals surface area (Å²) in [6.07, 6.45) is 7.19. The van der Waals surface area contributed by atoms with Gasteiger partial charge in [0.05, 0.1) is 17.6 Å². The molecule has 5 heteroatoms. The number of likely N-dealkylation sites (tertiary alicyclic amines) is 1. The number of piperidine rings is 1. The Hall–Kier alpha value is -1.59. The lowest BCUT2D eigenvalue weighted by molar-refractivity contribution is -0.188. The summed E-state index contributed by atoms with van der Waals surface area (Å²) < 4.78 is 12.6. The lowest BCUT2D eigenvalue weighted by Gasteiger charge is -2.62. The molecule has 4 atom stereocenters. The molecule has 1 aromatic carbocycles. The first-order chi connectivity index (χ1) is 14.1. The quantitative estimate of drug-likeness (QED) is 0.831. The number of ketones is 1. The van der Waals surface area contributed by atoms with Gasteiger partial charge in [0.2, 0.25) is 0 Å². The zero-order valence-corrected chi connectivity index (χ0v) is 16.9. The van der Waals surface area contributed by atoms with Gasteiger partial charge in [-0.05, 0) is 75.0 Å². The van der Waals surface area contributed by atoms with Gasteiger partial charge in [0.1, 0.15) is 0 Å². The molecule has 1 spiro atoms. The van der Waals surface area contributed by atoms with E-state index in [0.717, 1.165) is 55.5 Å². The maximum atomic E-state index is 13.0. The van der Waals surface area contributed by atoms with Crippen molar-refractivity contribution >= 4 is 5.78 Å². The first kappa shape index (κ1) is 17.1. The first-order valence-corrected chi connectivity index (χ1v) is 11.5. The molecule has 2 bridgehead atoms. The van der Waals surface area contributed by atoms with Crippen molar-refractivity contribution in [3.63, 3.8) is 0 Å². The van der Waals surface area contributed by atoms with Crippen molar-refractivity contribution in [1.82, 2.24) is 4.90 Å². The third-order valence-electron chi connectivity index (χ3n) is 8.71. The van der Waals surface area contributed by atoms with Crippen LogP contribution in [-0.4, -0.2) is 53.2 Å². The van der Waals surface area contributed by atoms with Gasteiger partial charge in [-0.1, -0.05) is 6.07 Å². The standard InChI is InChI=1S/C24H29NO4/c26-17-7-8-24(27)19-11-16-5-6-18(28-13-15-3-4-15)21-20(16)23(24,22(17)29-21)9-10-25(19)12-14-1-2-14/h5-6,14-15,19,22,27H,1-4,7-13H2/t19-,22+,23+,24-/m1/s1. The van der Waals surface area contributed by atoms with Crippen LogP contribution in [0.2, 0.25) is 0 Å². The van der Waals surface area contributed by atoms with E-state index in [-0.39, 0.29) is 11.8 Å². The van der Waals surface area contributed by atoms with Crippen LogP contribution in [-0.2, 0) is 16.6 Å². The molecule has 0 radical (unpaired) electrons. The minimum atomic E-state index is -0.883. The van der Waals surface area contributed by atoms with Gasteiger partial charge in [-0.25, -0.2) is 0 Å². The molecule has 4 aliphatic carbocycles. The normalized spacial score (nSPS) is 39.8. The Bertz CT molecular complexity index is 906. The molecule has 0 aromatic heterocycles. The van der Waals surface area contributed by atoms with E-state index in [9.17, 15) is 9.90 Å². The third kappa shape index (κ3) is 2.16. The van der Waals surface area contributed by atoms with Crippen LogP contribution in [0.25, 0.3) is 0 Å². The maximum absolute atomic E-state index is 13.0. The van der Waals surface area contributed by atoms with E-state index in [1.54, 1.807) is 0 Å². The second-order valence-electron chi connectivity index (χ2n) is 10.4. The zero-order chi connectivity index (χ0) is 19.4. The van der Waals surface area contributed by atoms with Gasteiger partial charge in [0, 0.05) is 24.6 Å². The SMILES string of the molecule is O=C1CC[C@@]2(O)[C@H]3Cc4ccc(OCC5CC5)c5c4[C@@]2(CCN3CC2CC2)[C@H]1O5. The van der Waals surface area contributed by atoms with Crippen LogP contribution in [0.3, 0.4) is 0 Å². The van der Waals surface area contributed by atoms with Gasteiger partial charge in [0.25, 0.3) is 0 Å². The number of hydrogen-bond acceptors (Lipinski definition) is 5. The predicted octanol–water partition coefficient (Wildman–Crippen LogP) is 2.61. The smallest absolute Gasteiger partial charge is 0.174 e. The molecule has 1 N–H and O–H groups in total. The first-order valence-electron chi connectivity index (χ1n) is 11.5. The Kier molecular flexibility index (Phi) is 3.28. The number of hydrogen-bond donors (Lipinski definition) is 1. The van der Waals surface area contributed by atoms with Crippen molar-refractivity contribution in [3.8, 4) is 11.5 Å². The van der Waals surface area contributed by atoms with Crippen molar-refractivity contribution in [2.75, 3.05) is 19.7 Å². The summed E-state index contributed by atoms with van der Waals surface area (Å²) in [5.41, 5.74) is 0.890. The van der Waals surface area contributed by atoms with Crippen LogP contribution in [0, 0.1) is 11.8 Å². The van der Waals surface area contributed by atoms with Crippen molar-refractivity contribution in [2.24, 2.45) is 11.8 Å². The Labute approximate surface area is 171 Å². The summed E-state index contributed by atoms with van der Waals surface area (Å²) in [5.74, 6) is 3.14. The lowest BCUT2D eigenvalue weighted by atomic mass is 9.49. The molecule has 3 saturated carbocycles. The van der Waals surface area contributed by atoms with E-state index >= 15 is 0 Å². The molecule has 7 rings (SSSR count). The summed E-state index contributed by atoms with van der Waals surface area (Å²) >= 11 is 0.